The van der Waals surface area contributed by atoms with Crippen molar-refractivity contribution in [1.82, 2.24) is 0 Å². The van der Waals surface area contributed by atoms with Crippen molar-refractivity contribution in [3.8, 4) is 0 Å². The molecule has 3 heteroatoms. The first-order valence-corrected chi connectivity index (χ1v) is 3.35. The summed E-state index contributed by atoms with van der Waals surface area (Å²) < 4.78 is 0. The van der Waals surface area contributed by atoms with E-state index in [1.807, 2.05) is 0 Å². The summed E-state index contributed by atoms with van der Waals surface area (Å²) in [7, 11) is 0. The van der Waals surface area contributed by atoms with Crippen LogP contribution in [0.4, 0.5) is 0 Å². The maximum Gasteiger partial charge on any atom is 0.0822 e. The lowest BCUT2D eigenvalue weighted by molar-refractivity contribution is 0.184. The average molecular weight is 131 g/mol. The van der Waals surface area contributed by atoms with Crippen LogP contribution in [-0.4, -0.2) is 19.2 Å². The van der Waals surface area contributed by atoms with Gasteiger partial charge in [-0.3, -0.25) is 0 Å². The molecular formula is C6H15N2O. The van der Waals surface area contributed by atoms with Gasteiger partial charge in [0.25, 0.3) is 0 Å². The van der Waals surface area contributed by atoms with E-state index < -0.39 is 0 Å². The summed E-state index contributed by atoms with van der Waals surface area (Å²) in [4.78, 5) is 0. The van der Waals surface area contributed by atoms with Crippen molar-refractivity contribution in [1.29, 1.82) is 0 Å². The molecule has 0 spiro atoms. The first kappa shape index (κ1) is 8.88. The topological polar surface area (TPSA) is 71.9 Å². The Labute approximate surface area is 56.0 Å². The minimum atomic E-state index is -0.0156. The lowest BCUT2D eigenvalue weighted by Crippen LogP contribution is -2.23. The van der Waals surface area contributed by atoms with Crippen molar-refractivity contribution < 1.29 is 5.11 Å². The van der Waals surface area contributed by atoms with E-state index in [4.69, 9.17) is 11.5 Å². The number of nitrogens with two attached hydrogens (primary N) is 2. The molecular weight excluding hydrogens is 116 g/mol. The van der Waals surface area contributed by atoms with Crippen LogP contribution in [0.15, 0.2) is 0 Å². The Morgan fingerprint density at radius 1 is 1.33 bits per heavy atom. The molecule has 9 heavy (non-hydrogen) atoms. The molecule has 0 aromatic heterocycles. The normalized spacial score (nSPS) is 13.7. The molecule has 0 rings (SSSR count). The van der Waals surface area contributed by atoms with Gasteiger partial charge in [-0.1, -0.05) is 0 Å². The first-order chi connectivity index (χ1) is 4.31. The maximum atomic E-state index is 9.95. The summed E-state index contributed by atoms with van der Waals surface area (Å²) in [6.45, 7) is 0.609. The highest BCUT2D eigenvalue weighted by Crippen LogP contribution is 1.95. The highest BCUT2D eigenvalue weighted by atomic mass is 16.2. The Kier molecular flexibility index (Phi) is 5.93. The van der Waals surface area contributed by atoms with E-state index in [9.17, 15) is 5.11 Å². The largest absolute Gasteiger partial charge is 0.330 e. The summed E-state index contributed by atoms with van der Waals surface area (Å²) >= 11 is 0. The zero-order valence-corrected chi connectivity index (χ0v) is 5.68. The molecule has 0 amide bonds. The van der Waals surface area contributed by atoms with Gasteiger partial charge in [0.1, 0.15) is 0 Å². The molecule has 1 radical (unpaired) electrons. The second kappa shape index (κ2) is 6.01. The highest BCUT2D eigenvalue weighted by Gasteiger charge is 1.98. The summed E-state index contributed by atoms with van der Waals surface area (Å²) in [6.07, 6.45) is 2.34. The lowest BCUT2D eigenvalue weighted by atomic mass is 10.1. The number of hydrogen-bond acceptors (Lipinski definition) is 2. The van der Waals surface area contributed by atoms with E-state index in [0.717, 1.165) is 12.8 Å². The molecule has 0 heterocycles. The maximum absolute atomic E-state index is 9.95. The van der Waals surface area contributed by atoms with E-state index in [-0.39, 0.29) is 12.6 Å². The fraction of sp³-hybridized carbons (Fsp3) is 1.00. The Morgan fingerprint density at radius 3 is 2.44 bits per heavy atom. The van der Waals surface area contributed by atoms with Crippen molar-refractivity contribution in [2.45, 2.75) is 25.3 Å². The second-order valence-electron chi connectivity index (χ2n) is 2.18. The highest BCUT2D eigenvalue weighted by molar-refractivity contribution is 4.60. The van der Waals surface area contributed by atoms with Crippen LogP contribution in [0.3, 0.4) is 0 Å². The summed E-state index contributed by atoms with van der Waals surface area (Å²) in [5.41, 5.74) is 10.8. The molecule has 0 saturated heterocycles. The molecule has 0 aromatic rings. The molecule has 0 fully saturated rings. The smallest absolute Gasteiger partial charge is 0.0822 e. The molecule has 1 unspecified atom stereocenters. The predicted octanol–water partition coefficient (Wildman–Crippen LogP) is -0.127. The number of rotatable bonds is 5. The van der Waals surface area contributed by atoms with Crippen LogP contribution in [0.5, 0.6) is 0 Å². The van der Waals surface area contributed by atoms with Crippen LogP contribution in [0.1, 0.15) is 19.3 Å². The van der Waals surface area contributed by atoms with E-state index in [1.165, 1.54) is 0 Å². The third-order valence-electron chi connectivity index (χ3n) is 1.26. The summed E-state index contributed by atoms with van der Waals surface area (Å²) in [6, 6.07) is 0.143. The molecule has 3 nitrogen and oxygen atoms in total. The minimum Gasteiger partial charge on any atom is -0.330 e. The van der Waals surface area contributed by atoms with Crippen molar-refractivity contribution in [2.75, 3.05) is 13.2 Å². The van der Waals surface area contributed by atoms with Crippen LogP contribution in [-0.2, 0) is 5.11 Å². The van der Waals surface area contributed by atoms with Crippen molar-refractivity contribution in [3.05, 3.63) is 0 Å². The van der Waals surface area contributed by atoms with Crippen LogP contribution in [0, 0.1) is 0 Å². The molecule has 0 bridgehead atoms. The van der Waals surface area contributed by atoms with Gasteiger partial charge in [-0.2, -0.15) is 0 Å². The van der Waals surface area contributed by atoms with Crippen LogP contribution >= 0.6 is 0 Å². The van der Waals surface area contributed by atoms with Gasteiger partial charge in [0.05, 0.1) is 6.61 Å². The first-order valence-electron chi connectivity index (χ1n) is 3.35. The molecule has 55 valence electrons. The molecule has 4 N–H and O–H groups in total. The summed E-state index contributed by atoms with van der Waals surface area (Å²) in [5, 5.41) is 9.95. The van der Waals surface area contributed by atoms with E-state index in [2.05, 4.69) is 0 Å². The van der Waals surface area contributed by atoms with Crippen LogP contribution < -0.4 is 11.5 Å². The second-order valence-corrected chi connectivity index (χ2v) is 2.18. The molecule has 0 aromatic carbocycles. The fourth-order valence-electron chi connectivity index (χ4n) is 0.704. The Bertz CT molecular complexity index is 59.0. The Hall–Kier alpha value is -0.120. The standard InChI is InChI=1S/C6H15N2O/c7-4-3-6(8)2-1-5-9/h6H,1-5,7-8H2. The van der Waals surface area contributed by atoms with Gasteiger partial charge >= 0.3 is 0 Å². The zero-order chi connectivity index (χ0) is 7.11. The van der Waals surface area contributed by atoms with Gasteiger partial charge in [-0.25, -0.2) is 5.11 Å². The average Bonchev–Trinajstić information content (AvgIpc) is 1.85. The SMILES string of the molecule is NCCC(N)CCC[O]. The molecule has 0 aliphatic heterocycles. The van der Waals surface area contributed by atoms with Crippen LogP contribution in [0.2, 0.25) is 0 Å². The predicted molar refractivity (Wildman–Crippen MR) is 36.4 cm³/mol. The summed E-state index contributed by atoms with van der Waals surface area (Å²) in [5.74, 6) is 0. The van der Waals surface area contributed by atoms with Gasteiger partial charge in [0.2, 0.25) is 0 Å². The van der Waals surface area contributed by atoms with Gasteiger partial charge in [-0.15, -0.1) is 0 Å². The van der Waals surface area contributed by atoms with Gasteiger partial charge in [0, 0.05) is 6.04 Å². The molecule has 0 aliphatic rings. The van der Waals surface area contributed by atoms with E-state index in [0.29, 0.717) is 13.0 Å². The van der Waals surface area contributed by atoms with Crippen molar-refractivity contribution in [2.24, 2.45) is 11.5 Å². The third kappa shape index (κ3) is 5.76. The van der Waals surface area contributed by atoms with Gasteiger partial charge in [-0.05, 0) is 25.8 Å². The number of hydrogen-bond donors (Lipinski definition) is 2. The molecule has 0 saturated carbocycles. The van der Waals surface area contributed by atoms with Crippen LogP contribution in [0.25, 0.3) is 0 Å². The lowest BCUT2D eigenvalue weighted by Gasteiger charge is -2.06. The van der Waals surface area contributed by atoms with Crippen molar-refractivity contribution >= 4 is 0 Å². The fourth-order valence-corrected chi connectivity index (χ4v) is 0.704. The van der Waals surface area contributed by atoms with Gasteiger partial charge in [0.15, 0.2) is 0 Å². The van der Waals surface area contributed by atoms with Gasteiger partial charge < -0.3 is 11.5 Å². The van der Waals surface area contributed by atoms with E-state index >= 15 is 0 Å². The zero-order valence-electron chi connectivity index (χ0n) is 5.68. The van der Waals surface area contributed by atoms with E-state index in [1.54, 1.807) is 0 Å². The molecule has 1 atom stereocenters. The third-order valence-corrected chi connectivity index (χ3v) is 1.26. The monoisotopic (exact) mass is 131 g/mol. The molecule has 0 aliphatic carbocycles. The Morgan fingerprint density at radius 2 is 2.00 bits per heavy atom. The minimum absolute atomic E-state index is 0.0156. The Balaban J connectivity index is 2.95. The van der Waals surface area contributed by atoms with Crippen molar-refractivity contribution in [3.63, 3.8) is 0 Å². The quantitative estimate of drug-likeness (QED) is 0.545.